The van der Waals surface area contributed by atoms with Crippen molar-refractivity contribution in [3.63, 3.8) is 0 Å². The smallest absolute Gasteiger partial charge is 0.264 e. The van der Waals surface area contributed by atoms with Gasteiger partial charge in [-0.1, -0.05) is 18.2 Å². The molecule has 0 bridgehead atoms. The minimum atomic E-state index is -3.65. The van der Waals surface area contributed by atoms with Gasteiger partial charge in [0.1, 0.15) is 11.5 Å². The maximum atomic E-state index is 12.7. The molecule has 0 atom stereocenters. The van der Waals surface area contributed by atoms with Crippen LogP contribution in [0.2, 0.25) is 0 Å². The summed E-state index contributed by atoms with van der Waals surface area (Å²) in [6.07, 6.45) is 0. The highest BCUT2D eigenvalue weighted by Gasteiger charge is 2.20. The van der Waals surface area contributed by atoms with Gasteiger partial charge in [0.05, 0.1) is 17.2 Å². The molecule has 0 aliphatic carbocycles. The molecule has 0 unspecified atom stereocenters. The van der Waals surface area contributed by atoms with Gasteiger partial charge in [-0.25, -0.2) is 8.42 Å². The second-order valence-electron chi connectivity index (χ2n) is 6.57. The van der Waals surface area contributed by atoms with Crippen LogP contribution in [0.15, 0.2) is 83.8 Å². The summed E-state index contributed by atoms with van der Waals surface area (Å²) >= 11 is 0. The monoisotopic (exact) mass is 440 g/mol. The lowest BCUT2D eigenvalue weighted by Crippen LogP contribution is -2.26. The van der Waals surface area contributed by atoms with Gasteiger partial charge in [0.15, 0.2) is 6.61 Å². The second kappa shape index (κ2) is 9.99. The zero-order chi connectivity index (χ0) is 22.3. The van der Waals surface area contributed by atoms with Crippen LogP contribution in [-0.4, -0.2) is 34.6 Å². The first-order valence-corrected chi connectivity index (χ1v) is 11.1. The van der Waals surface area contributed by atoms with Gasteiger partial charge >= 0.3 is 0 Å². The van der Waals surface area contributed by atoms with Crippen LogP contribution >= 0.6 is 0 Å². The molecule has 1 N–H and O–H groups in total. The zero-order valence-electron chi connectivity index (χ0n) is 17.3. The number of ether oxygens (including phenoxy) is 2. The first kappa shape index (κ1) is 22.2. The molecule has 31 heavy (non-hydrogen) atoms. The van der Waals surface area contributed by atoms with E-state index in [0.717, 1.165) is 5.75 Å². The molecule has 0 aliphatic rings. The first-order valence-electron chi connectivity index (χ1n) is 9.69. The maximum Gasteiger partial charge on any atom is 0.264 e. The van der Waals surface area contributed by atoms with E-state index in [9.17, 15) is 13.2 Å². The summed E-state index contributed by atoms with van der Waals surface area (Å²) in [5, 5.41) is 2.74. The van der Waals surface area contributed by atoms with Crippen LogP contribution in [0.25, 0.3) is 0 Å². The summed E-state index contributed by atoms with van der Waals surface area (Å²) in [7, 11) is -2.16. The lowest BCUT2D eigenvalue weighted by molar-refractivity contribution is -0.118. The highest BCUT2D eigenvalue weighted by molar-refractivity contribution is 7.92. The number of anilines is 2. The number of hydrogen-bond donors (Lipinski definition) is 1. The molecule has 0 heterocycles. The summed E-state index contributed by atoms with van der Waals surface area (Å²) in [6.45, 7) is 2.30. The largest absolute Gasteiger partial charge is 0.494 e. The lowest BCUT2D eigenvalue weighted by Gasteiger charge is -2.19. The molecule has 8 heteroatoms. The highest BCUT2D eigenvalue weighted by Crippen LogP contribution is 2.24. The maximum absolute atomic E-state index is 12.7. The molecule has 0 radical (unpaired) electrons. The summed E-state index contributed by atoms with van der Waals surface area (Å²) < 4.78 is 37.5. The molecular weight excluding hydrogens is 416 g/mol. The third-order valence-corrected chi connectivity index (χ3v) is 6.22. The van der Waals surface area contributed by atoms with E-state index >= 15 is 0 Å². The summed E-state index contributed by atoms with van der Waals surface area (Å²) in [4.78, 5) is 12.3. The van der Waals surface area contributed by atoms with Crippen LogP contribution in [0.3, 0.4) is 0 Å². The predicted molar refractivity (Wildman–Crippen MR) is 120 cm³/mol. The van der Waals surface area contributed by atoms with Crippen molar-refractivity contribution in [2.24, 2.45) is 0 Å². The van der Waals surface area contributed by atoms with E-state index in [4.69, 9.17) is 9.47 Å². The van der Waals surface area contributed by atoms with Crippen molar-refractivity contribution in [3.8, 4) is 11.5 Å². The molecule has 162 valence electrons. The molecule has 0 aromatic heterocycles. The SMILES string of the molecule is CCOc1ccc(NC(=O)COc2ccc(N(C)S(=O)(=O)c3ccccc3)cc2)cc1. The summed E-state index contributed by atoms with van der Waals surface area (Å²) in [5.41, 5.74) is 1.12. The Morgan fingerprint density at radius 1 is 0.871 bits per heavy atom. The van der Waals surface area contributed by atoms with E-state index in [0.29, 0.717) is 23.7 Å². The molecule has 3 aromatic carbocycles. The van der Waals surface area contributed by atoms with Crippen LogP contribution < -0.4 is 19.1 Å². The standard InChI is InChI=1S/C23H24N2O5S/c1-3-29-20-13-9-18(10-14-20)24-23(26)17-30-21-15-11-19(12-16-21)25(2)31(27,28)22-7-5-4-6-8-22/h4-16H,3,17H2,1-2H3,(H,24,26). The molecular formula is C23H24N2O5S. The number of carbonyl (C=O) groups is 1. The molecule has 7 nitrogen and oxygen atoms in total. The van der Waals surface area contributed by atoms with Crippen molar-refractivity contribution < 1.29 is 22.7 Å². The van der Waals surface area contributed by atoms with Crippen molar-refractivity contribution in [2.45, 2.75) is 11.8 Å². The van der Waals surface area contributed by atoms with Gasteiger partial charge < -0.3 is 14.8 Å². The molecule has 3 aromatic rings. The van der Waals surface area contributed by atoms with Crippen molar-refractivity contribution in [1.29, 1.82) is 0 Å². The van der Waals surface area contributed by atoms with Gasteiger partial charge in [0.25, 0.3) is 15.9 Å². The third kappa shape index (κ3) is 5.76. The number of amides is 1. The second-order valence-corrected chi connectivity index (χ2v) is 8.54. The van der Waals surface area contributed by atoms with Gasteiger partial charge in [-0.15, -0.1) is 0 Å². The van der Waals surface area contributed by atoms with Crippen molar-refractivity contribution in [1.82, 2.24) is 0 Å². The molecule has 0 spiro atoms. The molecule has 0 aliphatic heterocycles. The van der Waals surface area contributed by atoms with Gasteiger partial charge in [-0.05, 0) is 67.6 Å². The average Bonchev–Trinajstić information content (AvgIpc) is 2.79. The Balaban J connectivity index is 1.56. The molecule has 0 saturated carbocycles. The van der Waals surface area contributed by atoms with Crippen LogP contribution in [0.1, 0.15) is 6.92 Å². The molecule has 0 saturated heterocycles. The van der Waals surface area contributed by atoms with Crippen LogP contribution in [0.5, 0.6) is 11.5 Å². The minimum absolute atomic E-state index is 0.176. The zero-order valence-corrected chi connectivity index (χ0v) is 18.1. The van der Waals surface area contributed by atoms with Gasteiger partial charge in [0, 0.05) is 12.7 Å². The van der Waals surface area contributed by atoms with E-state index in [1.165, 1.54) is 11.4 Å². The first-order chi connectivity index (χ1) is 14.9. The third-order valence-electron chi connectivity index (χ3n) is 4.42. The molecule has 3 rings (SSSR count). The number of carbonyl (C=O) groups excluding carboxylic acids is 1. The Hall–Kier alpha value is -3.52. The average molecular weight is 441 g/mol. The Kier molecular flexibility index (Phi) is 7.15. The van der Waals surface area contributed by atoms with Crippen LogP contribution in [0.4, 0.5) is 11.4 Å². The fourth-order valence-electron chi connectivity index (χ4n) is 2.79. The van der Waals surface area contributed by atoms with E-state index in [1.54, 1.807) is 78.9 Å². The molecule has 1 amide bonds. The number of rotatable bonds is 9. The topological polar surface area (TPSA) is 84.9 Å². The van der Waals surface area contributed by atoms with Gasteiger partial charge in [-0.3, -0.25) is 9.10 Å². The van der Waals surface area contributed by atoms with Gasteiger partial charge in [0.2, 0.25) is 0 Å². The van der Waals surface area contributed by atoms with Crippen molar-refractivity contribution >= 4 is 27.3 Å². The lowest BCUT2D eigenvalue weighted by atomic mass is 10.3. The van der Waals surface area contributed by atoms with Crippen LogP contribution in [0, 0.1) is 0 Å². The van der Waals surface area contributed by atoms with E-state index in [-0.39, 0.29) is 17.4 Å². The minimum Gasteiger partial charge on any atom is -0.494 e. The highest BCUT2D eigenvalue weighted by atomic mass is 32.2. The van der Waals surface area contributed by atoms with Crippen LogP contribution in [-0.2, 0) is 14.8 Å². The van der Waals surface area contributed by atoms with E-state index in [1.807, 2.05) is 6.92 Å². The molecule has 0 fully saturated rings. The summed E-state index contributed by atoms with van der Waals surface area (Å²) in [6, 6.07) is 21.8. The number of nitrogens with one attached hydrogen (secondary N) is 1. The number of nitrogens with zero attached hydrogens (tertiary/aromatic N) is 1. The van der Waals surface area contributed by atoms with Crippen molar-refractivity contribution in [3.05, 3.63) is 78.9 Å². The van der Waals surface area contributed by atoms with E-state index in [2.05, 4.69) is 5.32 Å². The Labute approximate surface area is 182 Å². The normalized spacial score (nSPS) is 10.9. The quantitative estimate of drug-likeness (QED) is 0.545. The predicted octanol–water partition coefficient (Wildman–Crippen LogP) is 3.93. The van der Waals surface area contributed by atoms with Gasteiger partial charge in [-0.2, -0.15) is 0 Å². The number of hydrogen-bond acceptors (Lipinski definition) is 5. The Morgan fingerprint density at radius 3 is 2.06 bits per heavy atom. The van der Waals surface area contributed by atoms with E-state index < -0.39 is 10.0 Å². The fraction of sp³-hybridized carbons (Fsp3) is 0.174. The summed E-state index contributed by atoms with van der Waals surface area (Å²) in [5.74, 6) is 0.879. The van der Waals surface area contributed by atoms with Crippen molar-refractivity contribution in [2.75, 3.05) is 29.9 Å². The number of sulfonamides is 1. The Bertz CT molecular complexity index is 1100. The fourth-order valence-corrected chi connectivity index (χ4v) is 4.01. The Morgan fingerprint density at radius 2 is 1.45 bits per heavy atom. The number of benzene rings is 3.